The molecule has 1 N–H and O–H groups in total. The number of nitrogens with one attached hydrogen (secondary N) is 1. The van der Waals surface area contributed by atoms with Gasteiger partial charge in [-0.1, -0.05) is 13.3 Å². The van der Waals surface area contributed by atoms with Gasteiger partial charge in [0.2, 0.25) is 5.95 Å². The van der Waals surface area contributed by atoms with Gasteiger partial charge in [-0.15, -0.1) is 0 Å². The molecule has 0 amide bonds. The minimum absolute atomic E-state index is 0.305. The molecule has 0 bridgehead atoms. The van der Waals surface area contributed by atoms with Gasteiger partial charge in [0, 0.05) is 25.2 Å². The first-order valence-corrected chi connectivity index (χ1v) is 6.91. The molecule has 1 fully saturated rings. The molecule has 1 aromatic heterocycles. The third kappa shape index (κ3) is 3.42. The van der Waals surface area contributed by atoms with Gasteiger partial charge in [-0.2, -0.15) is 4.39 Å². The number of unbranched alkanes of at least 4 members (excludes halogenated alkanes) is 1. The lowest BCUT2D eigenvalue weighted by atomic mass is 10.1. The molecule has 18 heavy (non-hydrogen) atoms. The van der Waals surface area contributed by atoms with Crippen LogP contribution in [0.15, 0.2) is 12.3 Å². The zero-order valence-corrected chi connectivity index (χ0v) is 11.1. The summed E-state index contributed by atoms with van der Waals surface area (Å²) in [6, 6.07) is 1.98. The van der Waals surface area contributed by atoms with Gasteiger partial charge in [0.05, 0.1) is 11.9 Å². The van der Waals surface area contributed by atoms with E-state index in [4.69, 9.17) is 0 Å². The Morgan fingerprint density at radius 2 is 2.28 bits per heavy atom. The standard InChI is InChI=1S/C14H22FN3/c1-2-3-5-12-10-13(11-17-14(12)15)18-8-4-6-16-7-9-18/h10-11,16H,2-9H2,1H3. The van der Waals surface area contributed by atoms with Crippen LogP contribution in [0.1, 0.15) is 31.7 Å². The summed E-state index contributed by atoms with van der Waals surface area (Å²) >= 11 is 0. The molecule has 0 unspecified atom stereocenters. The molecule has 0 saturated carbocycles. The zero-order chi connectivity index (χ0) is 12.8. The molecule has 3 nitrogen and oxygen atoms in total. The molecule has 0 atom stereocenters. The smallest absolute Gasteiger partial charge is 0.216 e. The maximum absolute atomic E-state index is 13.6. The van der Waals surface area contributed by atoms with Gasteiger partial charge in [0.25, 0.3) is 0 Å². The Kier molecular flexibility index (Phi) is 4.93. The molecule has 1 aliphatic heterocycles. The van der Waals surface area contributed by atoms with Gasteiger partial charge < -0.3 is 10.2 Å². The Hall–Kier alpha value is -1.16. The van der Waals surface area contributed by atoms with Crippen molar-refractivity contribution in [2.24, 2.45) is 0 Å². The number of nitrogens with zero attached hydrogens (tertiary/aromatic N) is 2. The minimum Gasteiger partial charge on any atom is -0.369 e. The maximum atomic E-state index is 13.6. The number of pyridine rings is 1. The fourth-order valence-electron chi connectivity index (χ4n) is 2.30. The highest BCUT2D eigenvalue weighted by Gasteiger charge is 2.12. The third-order valence-electron chi connectivity index (χ3n) is 3.40. The molecular weight excluding hydrogens is 229 g/mol. The average Bonchev–Trinajstić information content (AvgIpc) is 2.67. The maximum Gasteiger partial charge on any atom is 0.216 e. The summed E-state index contributed by atoms with van der Waals surface area (Å²) < 4.78 is 13.6. The SMILES string of the molecule is CCCCc1cc(N2CCCNCC2)cnc1F. The zero-order valence-electron chi connectivity index (χ0n) is 11.1. The van der Waals surface area contributed by atoms with Crippen LogP contribution in [-0.4, -0.2) is 31.2 Å². The van der Waals surface area contributed by atoms with Crippen molar-refractivity contribution >= 4 is 5.69 Å². The highest BCUT2D eigenvalue weighted by molar-refractivity contribution is 5.46. The molecule has 0 radical (unpaired) electrons. The second-order valence-electron chi connectivity index (χ2n) is 4.84. The van der Waals surface area contributed by atoms with Crippen molar-refractivity contribution < 1.29 is 4.39 Å². The van der Waals surface area contributed by atoms with E-state index in [9.17, 15) is 4.39 Å². The molecule has 1 saturated heterocycles. The monoisotopic (exact) mass is 251 g/mol. The molecule has 0 aliphatic carbocycles. The predicted molar refractivity (Wildman–Crippen MR) is 72.5 cm³/mol. The molecule has 2 heterocycles. The molecule has 100 valence electrons. The van der Waals surface area contributed by atoms with E-state index < -0.39 is 0 Å². The van der Waals surface area contributed by atoms with Gasteiger partial charge >= 0.3 is 0 Å². The topological polar surface area (TPSA) is 28.2 Å². The lowest BCUT2D eigenvalue weighted by Gasteiger charge is -2.22. The first-order chi connectivity index (χ1) is 8.81. The fraction of sp³-hybridized carbons (Fsp3) is 0.643. The molecule has 0 aromatic carbocycles. The Balaban J connectivity index is 2.11. The fourth-order valence-corrected chi connectivity index (χ4v) is 2.30. The number of halogens is 1. The summed E-state index contributed by atoms with van der Waals surface area (Å²) in [6.07, 6.45) is 5.67. The van der Waals surface area contributed by atoms with E-state index in [-0.39, 0.29) is 5.95 Å². The first-order valence-electron chi connectivity index (χ1n) is 6.91. The van der Waals surface area contributed by atoms with E-state index in [1.807, 2.05) is 6.07 Å². The number of aromatic nitrogens is 1. The average molecular weight is 251 g/mol. The van der Waals surface area contributed by atoms with E-state index in [1.54, 1.807) is 6.20 Å². The Labute approximate surface area is 108 Å². The first kappa shape index (κ1) is 13.3. The molecule has 2 rings (SSSR count). The van der Waals surface area contributed by atoms with Crippen molar-refractivity contribution in [3.63, 3.8) is 0 Å². The van der Waals surface area contributed by atoms with E-state index in [0.717, 1.165) is 63.1 Å². The summed E-state index contributed by atoms with van der Waals surface area (Å²) in [5, 5.41) is 3.37. The quantitative estimate of drug-likeness (QED) is 0.833. The van der Waals surface area contributed by atoms with Crippen LogP contribution in [0.3, 0.4) is 0 Å². The second kappa shape index (κ2) is 6.69. The Morgan fingerprint density at radius 1 is 1.39 bits per heavy atom. The summed E-state index contributed by atoms with van der Waals surface area (Å²) in [7, 11) is 0. The van der Waals surface area contributed by atoms with Crippen LogP contribution in [0.25, 0.3) is 0 Å². The number of rotatable bonds is 4. The minimum atomic E-state index is -0.305. The summed E-state index contributed by atoms with van der Waals surface area (Å²) in [6.45, 7) is 6.17. The van der Waals surface area contributed by atoms with Crippen molar-refractivity contribution in [2.45, 2.75) is 32.6 Å². The van der Waals surface area contributed by atoms with E-state index in [1.165, 1.54) is 0 Å². The molecular formula is C14H22FN3. The van der Waals surface area contributed by atoms with Crippen molar-refractivity contribution in [3.8, 4) is 0 Å². The van der Waals surface area contributed by atoms with Crippen molar-refractivity contribution in [1.82, 2.24) is 10.3 Å². The molecule has 1 aliphatic rings. The lowest BCUT2D eigenvalue weighted by molar-refractivity contribution is 0.561. The lowest BCUT2D eigenvalue weighted by Crippen LogP contribution is -2.28. The normalized spacial score (nSPS) is 16.7. The van der Waals surface area contributed by atoms with Gasteiger partial charge in [0.1, 0.15) is 0 Å². The third-order valence-corrected chi connectivity index (χ3v) is 3.40. The number of hydrogen-bond donors (Lipinski definition) is 1. The number of anilines is 1. The summed E-state index contributed by atoms with van der Waals surface area (Å²) in [5.74, 6) is -0.305. The number of aryl methyl sites for hydroxylation is 1. The van der Waals surface area contributed by atoms with Crippen LogP contribution in [-0.2, 0) is 6.42 Å². The van der Waals surface area contributed by atoms with Gasteiger partial charge in [-0.25, -0.2) is 4.98 Å². The van der Waals surface area contributed by atoms with Crippen LogP contribution in [0.2, 0.25) is 0 Å². The van der Waals surface area contributed by atoms with Crippen molar-refractivity contribution in [1.29, 1.82) is 0 Å². The highest BCUT2D eigenvalue weighted by Crippen LogP contribution is 2.19. The second-order valence-corrected chi connectivity index (χ2v) is 4.84. The molecule has 0 spiro atoms. The Bertz CT molecular complexity index is 373. The predicted octanol–water partition coefficient (Wildman–Crippen LogP) is 2.36. The van der Waals surface area contributed by atoms with Crippen LogP contribution in [0.5, 0.6) is 0 Å². The largest absolute Gasteiger partial charge is 0.369 e. The molecule has 1 aromatic rings. The van der Waals surface area contributed by atoms with Gasteiger partial charge in [-0.3, -0.25) is 0 Å². The van der Waals surface area contributed by atoms with Gasteiger partial charge in [-0.05, 0) is 31.9 Å². The highest BCUT2D eigenvalue weighted by atomic mass is 19.1. The van der Waals surface area contributed by atoms with Crippen LogP contribution in [0, 0.1) is 5.95 Å². The van der Waals surface area contributed by atoms with E-state index in [2.05, 4.69) is 22.1 Å². The van der Waals surface area contributed by atoms with Gasteiger partial charge in [0.15, 0.2) is 0 Å². The van der Waals surface area contributed by atoms with Crippen LogP contribution >= 0.6 is 0 Å². The van der Waals surface area contributed by atoms with Crippen LogP contribution < -0.4 is 10.2 Å². The Morgan fingerprint density at radius 3 is 3.11 bits per heavy atom. The molecule has 4 heteroatoms. The number of hydrogen-bond acceptors (Lipinski definition) is 3. The summed E-state index contributed by atoms with van der Waals surface area (Å²) in [4.78, 5) is 6.20. The summed E-state index contributed by atoms with van der Waals surface area (Å²) in [5.41, 5.74) is 1.82. The van der Waals surface area contributed by atoms with Crippen LogP contribution in [0.4, 0.5) is 10.1 Å². The van der Waals surface area contributed by atoms with E-state index in [0.29, 0.717) is 0 Å². The van der Waals surface area contributed by atoms with Crippen molar-refractivity contribution in [3.05, 3.63) is 23.8 Å². The van der Waals surface area contributed by atoms with E-state index >= 15 is 0 Å². The van der Waals surface area contributed by atoms with Crippen molar-refractivity contribution in [2.75, 3.05) is 31.1 Å².